The Balaban J connectivity index is 1.92. The zero-order valence-corrected chi connectivity index (χ0v) is 14.9. The number of fused-ring (bicyclic) bond motifs is 3. The van der Waals surface area contributed by atoms with Gasteiger partial charge in [-0.2, -0.15) is 0 Å². The first-order valence-corrected chi connectivity index (χ1v) is 8.89. The van der Waals surface area contributed by atoms with E-state index in [9.17, 15) is 0 Å². The lowest BCUT2D eigenvalue weighted by Crippen LogP contribution is -1.93. The number of hydrogen-bond acceptors (Lipinski definition) is 0. The summed E-state index contributed by atoms with van der Waals surface area (Å²) in [5, 5.41) is 2.77. The Labute approximate surface area is 148 Å². The van der Waals surface area contributed by atoms with E-state index in [2.05, 4.69) is 87.5 Å². The smallest absolute Gasteiger partial charge is 0.00201 e. The summed E-state index contributed by atoms with van der Waals surface area (Å²) in [5.41, 5.74) is 12.3. The molecule has 0 nitrogen and oxygen atoms in total. The zero-order chi connectivity index (χ0) is 17.1. The third-order valence-electron chi connectivity index (χ3n) is 5.76. The van der Waals surface area contributed by atoms with Crippen LogP contribution in [0.4, 0.5) is 0 Å². The third kappa shape index (κ3) is 1.88. The molecule has 25 heavy (non-hydrogen) atoms. The highest BCUT2D eigenvalue weighted by atomic mass is 14.3. The third-order valence-corrected chi connectivity index (χ3v) is 5.76. The van der Waals surface area contributed by atoms with Crippen molar-refractivity contribution in [3.8, 4) is 33.4 Å². The van der Waals surface area contributed by atoms with Crippen LogP contribution in [0, 0.1) is 20.8 Å². The van der Waals surface area contributed by atoms with E-state index < -0.39 is 0 Å². The van der Waals surface area contributed by atoms with Crippen LogP contribution in [0.5, 0.6) is 0 Å². The van der Waals surface area contributed by atoms with Crippen LogP contribution >= 0.6 is 0 Å². The van der Waals surface area contributed by atoms with Crippen molar-refractivity contribution in [2.75, 3.05) is 0 Å². The molecule has 0 unspecified atom stereocenters. The Bertz CT molecular complexity index is 1130. The summed E-state index contributed by atoms with van der Waals surface area (Å²) in [4.78, 5) is 0. The number of hydrogen-bond donors (Lipinski definition) is 0. The van der Waals surface area contributed by atoms with Gasteiger partial charge in [0.25, 0.3) is 0 Å². The second kappa shape index (κ2) is 5.07. The molecule has 0 aliphatic heterocycles. The fourth-order valence-corrected chi connectivity index (χ4v) is 4.39. The van der Waals surface area contributed by atoms with Gasteiger partial charge in [0.1, 0.15) is 0 Å². The van der Waals surface area contributed by atoms with Crippen molar-refractivity contribution in [2.24, 2.45) is 0 Å². The van der Waals surface area contributed by atoms with Gasteiger partial charge in [-0.15, -0.1) is 0 Å². The van der Waals surface area contributed by atoms with Crippen LogP contribution < -0.4 is 0 Å². The first-order valence-electron chi connectivity index (χ1n) is 8.89. The van der Waals surface area contributed by atoms with Crippen LogP contribution in [-0.2, 0) is 0 Å². The monoisotopic (exact) mass is 320 g/mol. The molecule has 0 fully saturated rings. The van der Waals surface area contributed by atoms with Crippen molar-refractivity contribution in [1.29, 1.82) is 0 Å². The SMILES string of the molecule is Cc1ccc(C)c(-c2ccc3c4c(cccc24)-c2ccccc2-3)c1C. The van der Waals surface area contributed by atoms with Crippen LogP contribution in [0.2, 0.25) is 0 Å². The highest BCUT2D eigenvalue weighted by Crippen LogP contribution is 2.49. The number of aryl methyl sites for hydroxylation is 2. The molecule has 0 amide bonds. The molecule has 1 aliphatic rings. The summed E-state index contributed by atoms with van der Waals surface area (Å²) in [7, 11) is 0. The normalized spacial score (nSPS) is 11.8. The van der Waals surface area contributed by atoms with Gasteiger partial charge in [0.15, 0.2) is 0 Å². The molecule has 120 valence electrons. The van der Waals surface area contributed by atoms with Gasteiger partial charge in [0, 0.05) is 0 Å². The predicted molar refractivity (Wildman–Crippen MR) is 108 cm³/mol. The van der Waals surface area contributed by atoms with E-state index in [0.29, 0.717) is 0 Å². The molecule has 0 spiro atoms. The number of benzene rings is 4. The molecular weight excluding hydrogens is 300 g/mol. The first kappa shape index (κ1) is 14.5. The molecule has 4 aromatic rings. The van der Waals surface area contributed by atoms with Crippen molar-refractivity contribution in [1.82, 2.24) is 0 Å². The molecular formula is C25H20. The maximum absolute atomic E-state index is 2.32. The van der Waals surface area contributed by atoms with E-state index in [0.717, 1.165) is 0 Å². The molecule has 0 N–H and O–H groups in total. The molecule has 0 saturated carbocycles. The standard InChI is InChI=1S/C25H20/c1-15-11-12-16(2)24(17(15)3)23-14-13-22-19-8-5-4-7-18(19)20-9-6-10-21(23)25(20)22/h4-14H,1-3H3. The lowest BCUT2D eigenvalue weighted by molar-refractivity contribution is 1.30. The fourth-order valence-electron chi connectivity index (χ4n) is 4.39. The van der Waals surface area contributed by atoms with Gasteiger partial charge in [-0.1, -0.05) is 66.7 Å². The molecule has 0 saturated heterocycles. The largest absolute Gasteiger partial charge is 0.0616 e. The molecule has 0 aromatic heterocycles. The molecule has 0 radical (unpaired) electrons. The second-order valence-corrected chi connectivity index (χ2v) is 7.13. The minimum Gasteiger partial charge on any atom is -0.0616 e. The minimum atomic E-state index is 1.35. The molecule has 4 aromatic carbocycles. The van der Waals surface area contributed by atoms with Crippen LogP contribution in [0.25, 0.3) is 44.2 Å². The van der Waals surface area contributed by atoms with Crippen molar-refractivity contribution in [3.05, 3.63) is 83.4 Å². The van der Waals surface area contributed by atoms with Crippen LogP contribution in [0.1, 0.15) is 16.7 Å². The summed E-state index contributed by atoms with van der Waals surface area (Å²) in [6.45, 7) is 6.67. The van der Waals surface area contributed by atoms with Gasteiger partial charge in [0.05, 0.1) is 0 Å². The van der Waals surface area contributed by atoms with Crippen molar-refractivity contribution in [2.45, 2.75) is 20.8 Å². The highest BCUT2D eigenvalue weighted by Gasteiger charge is 2.22. The topological polar surface area (TPSA) is 0 Å². The zero-order valence-electron chi connectivity index (χ0n) is 14.9. The van der Waals surface area contributed by atoms with Crippen LogP contribution in [-0.4, -0.2) is 0 Å². The Morgan fingerprint density at radius 1 is 0.480 bits per heavy atom. The minimum absolute atomic E-state index is 1.35. The molecule has 0 heteroatoms. The molecule has 0 heterocycles. The van der Waals surface area contributed by atoms with Crippen molar-refractivity contribution < 1.29 is 0 Å². The summed E-state index contributed by atoms with van der Waals surface area (Å²) >= 11 is 0. The second-order valence-electron chi connectivity index (χ2n) is 7.13. The van der Waals surface area contributed by atoms with E-state index in [1.54, 1.807) is 0 Å². The summed E-state index contributed by atoms with van der Waals surface area (Å²) in [5.74, 6) is 0. The van der Waals surface area contributed by atoms with Crippen LogP contribution in [0.3, 0.4) is 0 Å². The van der Waals surface area contributed by atoms with E-state index in [-0.39, 0.29) is 0 Å². The molecule has 0 atom stereocenters. The quantitative estimate of drug-likeness (QED) is 0.309. The average molecular weight is 320 g/mol. The average Bonchev–Trinajstić information content (AvgIpc) is 2.96. The predicted octanol–water partition coefficient (Wildman–Crippen LogP) is 7.08. The van der Waals surface area contributed by atoms with Crippen molar-refractivity contribution >= 4 is 10.8 Å². The van der Waals surface area contributed by atoms with Gasteiger partial charge >= 0.3 is 0 Å². The fraction of sp³-hybridized carbons (Fsp3) is 0.120. The van der Waals surface area contributed by atoms with Crippen LogP contribution in [0.15, 0.2) is 66.7 Å². The van der Waals surface area contributed by atoms with E-state index in [4.69, 9.17) is 0 Å². The maximum Gasteiger partial charge on any atom is -0.00201 e. The summed E-state index contributed by atoms with van der Waals surface area (Å²) in [6, 6.07) is 24.6. The molecule has 1 aliphatic carbocycles. The van der Waals surface area contributed by atoms with E-state index in [1.165, 1.54) is 60.8 Å². The first-order chi connectivity index (χ1) is 12.2. The Kier molecular flexibility index (Phi) is 2.93. The Hall–Kier alpha value is -2.86. The Morgan fingerprint density at radius 3 is 1.84 bits per heavy atom. The lowest BCUT2D eigenvalue weighted by Gasteiger charge is -2.16. The van der Waals surface area contributed by atoms with E-state index in [1.807, 2.05) is 0 Å². The molecule has 5 rings (SSSR count). The summed E-state index contributed by atoms with van der Waals surface area (Å²) in [6.07, 6.45) is 0. The Morgan fingerprint density at radius 2 is 1.08 bits per heavy atom. The van der Waals surface area contributed by atoms with Gasteiger partial charge in [-0.25, -0.2) is 0 Å². The van der Waals surface area contributed by atoms with E-state index >= 15 is 0 Å². The van der Waals surface area contributed by atoms with Gasteiger partial charge in [0.2, 0.25) is 0 Å². The lowest BCUT2D eigenvalue weighted by atomic mass is 9.88. The maximum atomic E-state index is 2.32. The number of rotatable bonds is 1. The van der Waals surface area contributed by atoms with Gasteiger partial charge < -0.3 is 0 Å². The van der Waals surface area contributed by atoms with Gasteiger partial charge in [-0.05, 0) is 81.6 Å². The summed E-state index contributed by atoms with van der Waals surface area (Å²) < 4.78 is 0. The van der Waals surface area contributed by atoms with Crippen molar-refractivity contribution in [3.63, 3.8) is 0 Å². The highest BCUT2D eigenvalue weighted by molar-refractivity contribution is 6.18. The van der Waals surface area contributed by atoms with Gasteiger partial charge in [-0.3, -0.25) is 0 Å². The molecule has 0 bridgehead atoms.